The van der Waals surface area contributed by atoms with Crippen molar-refractivity contribution in [3.63, 3.8) is 0 Å². The highest BCUT2D eigenvalue weighted by Crippen LogP contribution is 2.32. The van der Waals surface area contributed by atoms with Crippen LogP contribution in [0, 0.1) is 0 Å². The average molecular weight is 436 g/mol. The molecule has 0 aliphatic carbocycles. The largest absolute Gasteiger partial charge is 0.368 e. The van der Waals surface area contributed by atoms with Crippen LogP contribution in [0.3, 0.4) is 0 Å². The summed E-state index contributed by atoms with van der Waals surface area (Å²) >= 11 is 6.01. The molecule has 0 amide bonds. The van der Waals surface area contributed by atoms with Gasteiger partial charge in [0.05, 0.1) is 11.4 Å². The van der Waals surface area contributed by atoms with E-state index in [1.807, 2.05) is 17.0 Å². The highest BCUT2D eigenvalue weighted by Gasteiger charge is 2.38. The van der Waals surface area contributed by atoms with Gasteiger partial charge in [-0.05, 0) is 61.4 Å². The summed E-state index contributed by atoms with van der Waals surface area (Å²) in [5.41, 5.74) is 0.367. The maximum Gasteiger partial charge on any atom is 0.238 e. The topological polar surface area (TPSA) is 96.0 Å². The van der Waals surface area contributed by atoms with E-state index < -0.39 is 15.7 Å². The van der Waals surface area contributed by atoms with Crippen molar-refractivity contribution in [3.8, 4) is 0 Å². The van der Waals surface area contributed by atoms with E-state index in [0.29, 0.717) is 23.8 Å². The van der Waals surface area contributed by atoms with E-state index in [-0.39, 0.29) is 4.90 Å². The molecule has 0 aromatic heterocycles. The molecule has 0 saturated carbocycles. The minimum Gasteiger partial charge on any atom is -0.368 e. The summed E-state index contributed by atoms with van der Waals surface area (Å²) in [5.74, 6) is 0.628. The first-order chi connectivity index (χ1) is 13.7. The number of unbranched alkanes of at least 4 members (excludes halogenated alkanes) is 3. The van der Waals surface area contributed by atoms with Gasteiger partial charge >= 0.3 is 0 Å². The SMILES string of the molecule is CCCCCCC1(O)CN(c2ccc(S(N)(=O)=O)cc2)C(c2ccc(Cl)cc2)=N1. The van der Waals surface area contributed by atoms with Crippen LogP contribution in [-0.4, -0.2) is 31.6 Å². The van der Waals surface area contributed by atoms with Gasteiger partial charge in [0, 0.05) is 16.3 Å². The van der Waals surface area contributed by atoms with Crippen molar-refractivity contribution in [1.29, 1.82) is 0 Å². The number of nitrogens with zero attached hydrogens (tertiary/aromatic N) is 2. The molecule has 6 nitrogen and oxygen atoms in total. The molecule has 2 aromatic rings. The maximum absolute atomic E-state index is 11.5. The molecule has 3 N–H and O–H groups in total. The second-order valence-electron chi connectivity index (χ2n) is 7.36. The van der Waals surface area contributed by atoms with Crippen LogP contribution in [0.2, 0.25) is 5.02 Å². The van der Waals surface area contributed by atoms with Crippen molar-refractivity contribution < 1.29 is 13.5 Å². The van der Waals surface area contributed by atoms with Crippen molar-refractivity contribution in [2.75, 3.05) is 11.4 Å². The summed E-state index contributed by atoms with van der Waals surface area (Å²) < 4.78 is 23.1. The van der Waals surface area contributed by atoms with Crippen LogP contribution < -0.4 is 10.0 Å². The number of aliphatic hydroxyl groups is 1. The molecule has 2 aromatic carbocycles. The van der Waals surface area contributed by atoms with Gasteiger partial charge in [0.25, 0.3) is 0 Å². The number of rotatable bonds is 8. The van der Waals surface area contributed by atoms with Crippen molar-refractivity contribution in [1.82, 2.24) is 0 Å². The van der Waals surface area contributed by atoms with Gasteiger partial charge in [0.15, 0.2) is 5.72 Å². The molecule has 3 rings (SSSR count). The van der Waals surface area contributed by atoms with E-state index in [2.05, 4.69) is 11.9 Å². The van der Waals surface area contributed by atoms with Crippen molar-refractivity contribution >= 4 is 33.1 Å². The molecule has 1 heterocycles. The molecule has 0 saturated heterocycles. The molecule has 1 atom stereocenters. The molecular weight excluding hydrogens is 410 g/mol. The smallest absolute Gasteiger partial charge is 0.238 e. The Morgan fingerprint density at radius 3 is 2.34 bits per heavy atom. The van der Waals surface area contributed by atoms with Crippen molar-refractivity contribution in [2.45, 2.75) is 49.6 Å². The second kappa shape index (κ2) is 8.83. The third kappa shape index (κ3) is 5.36. The van der Waals surface area contributed by atoms with Crippen LogP contribution in [0.25, 0.3) is 0 Å². The Kier molecular flexibility index (Phi) is 6.63. The molecule has 0 bridgehead atoms. The third-order valence-corrected chi connectivity index (χ3v) is 6.17. The fourth-order valence-electron chi connectivity index (χ4n) is 3.44. The number of hydrogen-bond acceptors (Lipinski definition) is 5. The van der Waals surface area contributed by atoms with Gasteiger partial charge in [-0.25, -0.2) is 18.5 Å². The van der Waals surface area contributed by atoms with Gasteiger partial charge in [-0.3, -0.25) is 0 Å². The second-order valence-corrected chi connectivity index (χ2v) is 9.36. The summed E-state index contributed by atoms with van der Waals surface area (Å²) in [6.45, 7) is 2.44. The Balaban J connectivity index is 1.91. The summed E-state index contributed by atoms with van der Waals surface area (Å²) in [5, 5.41) is 16.9. The first-order valence-electron chi connectivity index (χ1n) is 9.70. The zero-order valence-electron chi connectivity index (χ0n) is 16.4. The van der Waals surface area contributed by atoms with E-state index in [1.54, 1.807) is 24.3 Å². The first kappa shape index (κ1) is 21.8. The lowest BCUT2D eigenvalue weighted by Crippen LogP contribution is -2.36. The number of hydrogen-bond donors (Lipinski definition) is 2. The van der Waals surface area contributed by atoms with Crippen LogP contribution in [-0.2, 0) is 10.0 Å². The standard InChI is InChI=1S/C21H26ClN3O3S/c1-2-3-4-5-14-21(26)15-25(18-10-12-19(13-11-18)29(23,27)28)20(24-21)16-6-8-17(22)9-7-16/h6-13,26H,2-5,14-15H2,1H3,(H2,23,27,28). The lowest BCUT2D eigenvalue weighted by molar-refractivity contribution is 0.0552. The number of aliphatic imine (C=N–C) groups is 1. The Bertz CT molecular complexity index is 975. The van der Waals surface area contributed by atoms with Crippen LogP contribution >= 0.6 is 11.6 Å². The molecule has 0 spiro atoms. The van der Waals surface area contributed by atoms with Gasteiger partial charge in [-0.1, -0.05) is 37.8 Å². The fraction of sp³-hybridized carbons (Fsp3) is 0.381. The number of sulfonamides is 1. The van der Waals surface area contributed by atoms with Gasteiger partial charge in [-0.15, -0.1) is 0 Å². The molecule has 1 aliphatic heterocycles. The predicted octanol–water partition coefficient (Wildman–Crippen LogP) is 3.91. The normalized spacial score (nSPS) is 19.4. The number of primary sulfonamides is 1. The summed E-state index contributed by atoms with van der Waals surface area (Å²) in [6.07, 6.45) is 4.76. The third-order valence-electron chi connectivity index (χ3n) is 4.99. The van der Waals surface area contributed by atoms with Crippen LogP contribution in [0.4, 0.5) is 5.69 Å². The summed E-state index contributed by atoms with van der Waals surface area (Å²) in [4.78, 5) is 6.60. The predicted molar refractivity (Wildman–Crippen MR) is 117 cm³/mol. The summed E-state index contributed by atoms with van der Waals surface area (Å²) in [7, 11) is -3.77. The van der Waals surface area contributed by atoms with Gasteiger partial charge in [0.1, 0.15) is 5.84 Å². The van der Waals surface area contributed by atoms with Gasteiger partial charge in [-0.2, -0.15) is 0 Å². The molecular formula is C21H26ClN3O3S. The first-order valence-corrected chi connectivity index (χ1v) is 11.6. The number of halogens is 1. The monoisotopic (exact) mass is 435 g/mol. The van der Waals surface area contributed by atoms with E-state index in [4.69, 9.17) is 16.7 Å². The average Bonchev–Trinajstić information content (AvgIpc) is 3.03. The van der Waals surface area contributed by atoms with Crippen molar-refractivity contribution in [3.05, 3.63) is 59.1 Å². The molecule has 0 fully saturated rings. The Hall–Kier alpha value is -1.93. The van der Waals surface area contributed by atoms with E-state index >= 15 is 0 Å². The van der Waals surface area contributed by atoms with E-state index in [1.165, 1.54) is 12.1 Å². The summed E-state index contributed by atoms with van der Waals surface area (Å²) in [6, 6.07) is 13.5. The van der Waals surface area contributed by atoms with E-state index in [9.17, 15) is 13.5 Å². The quantitative estimate of drug-likeness (QED) is 0.614. The Morgan fingerprint density at radius 2 is 1.76 bits per heavy atom. The Labute approximate surface area is 177 Å². The minimum absolute atomic E-state index is 0.0419. The highest BCUT2D eigenvalue weighted by atomic mass is 35.5. The van der Waals surface area contributed by atoms with Crippen molar-refractivity contribution in [2.24, 2.45) is 10.1 Å². The molecule has 29 heavy (non-hydrogen) atoms. The highest BCUT2D eigenvalue weighted by molar-refractivity contribution is 7.89. The molecule has 8 heteroatoms. The van der Waals surface area contributed by atoms with E-state index in [0.717, 1.165) is 36.9 Å². The van der Waals surface area contributed by atoms with Gasteiger partial charge in [0.2, 0.25) is 10.0 Å². The molecule has 1 unspecified atom stereocenters. The lowest BCUT2D eigenvalue weighted by Gasteiger charge is -2.24. The number of anilines is 1. The molecule has 0 radical (unpaired) electrons. The van der Waals surface area contributed by atoms with Crippen LogP contribution in [0.15, 0.2) is 58.4 Å². The molecule has 156 valence electrons. The van der Waals surface area contributed by atoms with Gasteiger partial charge < -0.3 is 10.0 Å². The van der Waals surface area contributed by atoms with Crippen LogP contribution in [0.1, 0.15) is 44.6 Å². The number of nitrogens with two attached hydrogens (primary N) is 1. The molecule has 1 aliphatic rings. The lowest BCUT2D eigenvalue weighted by atomic mass is 10.0. The number of amidine groups is 1. The van der Waals surface area contributed by atoms with Crippen LogP contribution in [0.5, 0.6) is 0 Å². The minimum atomic E-state index is -3.77. The number of β-amino-alcohol motifs (C(OH)–C–C–N with tert-alkyl or cyclic N) is 1. The Morgan fingerprint density at radius 1 is 1.10 bits per heavy atom. The zero-order chi connectivity index (χ0) is 21.1. The number of benzene rings is 2. The maximum atomic E-state index is 11.5. The fourth-order valence-corrected chi connectivity index (χ4v) is 4.08. The zero-order valence-corrected chi connectivity index (χ0v) is 18.0.